The van der Waals surface area contributed by atoms with Gasteiger partial charge in [0.1, 0.15) is 11.5 Å². The molecule has 1 N–H and O–H groups in total. The van der Waals surface area contributed by atoms with Crippen molar-refractivity contribution in [1.82, 2.24) is 10.3 Å². The minimum atomic E-state index is 0.622. The molecular formula is C16H20N2O3. The molecule has 0 radical (unpaired) electrons. The van der Waals surface area contributed by atoms with E-state index in [1.165, 1.54) is 0 Å². The van der Waals surface area contributed by atoms with Crippen LogP contribution < -0.4 is 19.5 Å². The third kappa shape index (κ3) is 4.10. The van der Waals surface area contributed by atoms with Crippen LogP contribution in [0.3, 0.4) is 0 Å². The lowest BCUT2D eigenvalue weighted by Crippen LogP contribution is -2.14. The van der Waals surface area contributed by atoms with Crippen LogP contribution in [0, 0.1) is 0 Å². The average molecular weight is 288 g/mol. The number of hydrogen-bond donors (Lipinski definition) is 1. The van der Waals surface area contributed by atoms with Crippen LogP contribution in [0.5, 0.6) is 17.4 Å². The summed E-state index contributed by atoms with van der Waals surface area (Å²) >= 11 is 0. The van der Waals surface area contributed by atoms with Crippen LogP contribution in [0.15, 0.2) is 36.4 Å². The van der Waals surface area contributed by atoms with E-state index < -0.39 is 0 Å². The van der Waals surface area contributed by atoms with Crippen molar-refractivity contribution in [2.75, 3.05) is 21.3 Å². The molecule has 21 heavy (non-hydrogen) atoms. The summed E-state index contributed by atoms with van der Waals surface area (Å²) in [6.07, 6.45) is 0. The van der Waals surface area contributed by atoms with Crippen LogP contribution in [-0.2, 0) is 13.1 Å². The highest BCUT2D eigenvalue weighted by atomic mass is 16.5. The van der Waals surface area contributed by atoms with Gasteiger partial charge in [0.2, 0.25) is 5.88 Å². The quantitative estimate of drug-likeness (QED) is 0.848. The van der Waals surface area contributed by atoms with E-state index in [2.05, 4.69) is 10.3 Å². The zero-order chi connectivity index (χ0) is 15.1. The van der Waals surface area contributed by atoms with Gasteiger partial charge in [0.25, 0.3) is 0 Å². The van der Waals surface area contributed by atoms with Crippen molar-refractivity contribution in [2.24, 2.45) is 0 Å². The third-order valence-electron chi connectivity index (χ3n) is 3.11. The Morgan fingerprint density at radius 1 is 0.952 bits per heavy atom. The predicted octanol–water partition coefficient (Wildman–Crippen LogP) is 2.40. The van der Waals surface area contributed by atoms with Gasteiger partial charge in [-0.3, -0.25) is 0 Å². The summed E-state index contributed by atoms with van der Waals surface area (Å²) in [6, 6.07) is 11.5. The monoisotopic (exact) mass is 288 g/mol. The van der Waals surface area contributed by atoms with E-state index in [1.54, 1.807) is 21.3 Å². The first kappa shape index (κ1) is 15.1. The SMILES string of the molecule is COc1ccc(CNCc2cccc(OC)n2)c(OC)c1. The molecule has 0 amide bonds. The number of ether oxygens (including phenoxy) is 3. The van der Waals surface area contributed by atoms with E-state index in [-0.39, 0.29) is 0 Å². The number of hydrogen-bond acceptors (Lipinski definition) is 5. The lowest BCUT2D eigenvalue weighted by Gasteiger charge is -2.11. The van der Waals surface area contributed by atoms with E-state index in [0.717, 1.165) is 22.8 Å². The van der Waals surface area contributed by atoms with Crippen LogP contribution in [0.25, 0.3) is 0 Å². The highest BCUT2D eigenvalue weighted by Gasteiger charge is 2.05. The molecule has 0 unspecified atom stereocenters. The molecular weight excluding hydrogens is 268 g/mol. The largest absolute Gasteiger partial charge is 0.497 e. The van der Waals surface area contributed by atoms with Gasteiger partial charge < -0.3 is 19.5 Å². The first-order chi connectivity index (χ1) is 10.3. The van der Waals surface area contributed by atoms with Crippen molar-refractivity contribution in [2.45, 2.75) is 13.1 Å². The Balaban J connectivity index is 1.96. The summed E-state index contributed by atoms with van der Waals surface area (Å²) < 4.78 is 15.7. The maximum absolute atomic E-state index is 5.37. The van der Waals surface area contributed by atoms with Crippen molar-refractivity contribution in [3.8, 4) is 17.4 Å². The summed E-state index contributed by atoms with van der Waals surface area (Å²) in [4.78, 5) is 4.36. The molecule has 1 heterocycles. The molecule has 5 heteroatoms. The fourth-order valence-corrected chi connectivity index (χ4v) is 1.99. The van der Waals surface area contributed by atoms with E-state index >= 15 is 0 Å². The summed E-state index contributed by atoms with van der Waals surface area (Å²) in [7, 11) is 4.91. The van der Waals surface area contributed by atoms with Gasteiger partial charge in [0.05, 0.1) is 27.0 Å². The Hall–Kier alpha value is -2.27. The van der Waals surface area contributed by atoms with Crippen molar-refractivity contribution >= 4 is 0 Å². The fraction of sp³-hybridized carbons (Fsp3) is 0.312. The van der Waals surface area contributed by atoms with Crippen molar-refractivity contribution in [3.63, 3.8) is 0 Å². The van der Waals surface area contributed by atoms with Gasteiger partial charge in [0, 0.05) is 30.8 Å². The normalized spacial score (nSPS) is 10.2. The molecule has 5 nitrogen and oxygen atoms in total. The van der Waals surface area contributed by atoms with E-state index in [4.69, 9.17) is 14.2 Å². The van der Waals surface area contributed by atoms with Crippen LogP contribution in [0.4, 0.5) is 0 Å². The van der Waals surface area contributed by atoms with E-state index in [0.29, 0.717) is 19.0 Å². The molecule has 0 aliphatic heterocycles. The molecule has 0 atom stereocenters. The van der Waals surface area contributed by atoms with Crippen LogP contribution in [0.1, 0.15) is 11.3 Å². The van der Waals surface area contributed by atoms with Crippen molar-refractivity contribution < 1.29 is 14.2 Å². The smallest absolute Gasteiger partial charge is 0.213 e. The van der Waals surface area contributed by atoms with Crippen molar-refractivity contribution in [3.05, 3.63) is 47.7 Å². The summed E-state index contributed by atoms with van der Waals surface area (Å²) in [5.41, 5.74) is 2.00. The molecule has 0 aliphatic rings. The Kier molecular flexibility index (Phi) is 5.40. The van der Waals surface area contributed by atoms with E-state index in [1.807, 2.05) is 36.4 Å². The first-order valence-electron chi connectivity index (χ1n) is 6.68. The minimum absolute atomic E-state index is 0.622. The molecule has 0 aliphatic carbocycles. The molecule has 0 saturated heterocycles. The molecule has 0 bridgehead atoms. The van der Waals surface area contributed by atoms with Crippen LogP contribution in [0.2, 0.25) is 0 Å². The first-order valence-corrected chi connectivity index (χ1v) is 6.68. The molecule has 1 aromatic heterocycles. The average Bonchev–Trinajstić information content (AvgIpc) is 2.55. The maximum Gasteiger partial charge on any atom is 0.213 e. The molecule has 2 rings (SSSR count). The number of methoxy groups -OCH3 is 3. The third-order valence-corrected chi connectivity index (χ3v) is 3.11. The second kappa shape index (κ2) is 7.50. The number of aromatic nitrogens is 1. The second-order valence-corrected chi connectivity index (χ2v) is 4.45. The van der Waals surface area contributed by atoms with Crippen molar-refractivity contribution in [1.29, 1.82) is 0 Å². The van der Waals surface area contributed by atoms with Gasteiger partial charge in [-0.2, -0.15) is 0 Å². The molecule has 2 aromatic rings. The molecule has 1 aromatic carbocycles. The molecule has 0 spiro atoms. The highest BCUT2D eigenvalue weighted by molar-refractivity contribution is 5.40. The lowest BCUT2D eigenvalue weighted by atomic mass is 10.2. The van der Waals surface area contributed by atoms with E-state index in [9.17, 15) is 0 Å². The summed E-state index contributed by atoms with van der Waals surface area (Å²) in [6.45, 7) is 1.35. The fourth-order valence-electron chi connectivity index (χ4n) is 1.99. The number of rotatable bonds is 7. The maximum atomic E-state index is 5.37. The molecule has 0 fully saturated rings. The summed E-state index contributed by atoms with van der Waals surface area (Å²) in [5, 5.41) is 3.34. The highest BCUT2D eigenvalue weighted by Crippen LogP contribution is 2.24. The number of nitrogens with one attached hydrogen (secondary N) is 1. The van der Waals surface area contributed by atoms with Gasteiger partial charge >= 0.3 is 0 Å². The van der Waals surface area contributed by atoms with Gasteiger partial charge in [-0.15, -0.1) is 0 Å². The standard InChI is InChI=1S/C16H20N2O3/c1-19-14-8-7-12(15(9-14)20-2)10-17-11-13-5-4-6-16(18-13)21-3/h4-9,17H,10-11H2,1-3H3. The number of benzene rings is 1. The van der Waals surface area contributed by atoms with Gasteiger partial charge in [-0.25, -0.2) is 4.98 Å². The zero-order valence-corrected chi connectivity index (χ0v) is 12.6. The van der Waals surface area contributed by atoms with Gasteiger partial charge in [-0.1, -0.05) is 12.1 Å². The molecule has 0 saturated carbocycles. The minimum Gasteiger partial charge on any atom is -0.497 e. The Morgan fingerprint density at radius 3 is 2.52 bits per heavy atom. The molecule has 112 valence electrons. The predicted molar refractivity (Wildman–Crippen MR) is 80.9 cm³/mol. The Bertz CT molecular complexity index is 587. The zero-order valence-electron chi connectivity index (χ0n) is 12.6. The van der Waals surface area contributed by atoms with Crippen LogP contribution >= 0.6 is 0 Å². The van der Waals surface area contributed by atoms with Gasteiger partial charge in [-0.05, 0) is 12.1 Å². The Labute approximate surface area is 124 Å². The topological polar surface area (TPSA) is 52.6 Å². The lowest BCUT2D eigenvalue weighted by molar-refractivity contribution is 0.389. The van der Waals surface area contributed by atoms with Gasteiger partial charge in [0.15, 0.2) is 0 Å². The Morgan fingerprint density at radius 2 is 1.81 bits per heavy atom. The summed E-state index contributed by atoms with van der Waals surface area (Å²) in [5.74, 6) is 2.21. The second-order valence-electron chi connectivity index (χ2n) is 4.45. The number of nitrogens with zero attached hydrogens (tertiary/aromatic N) is 1. The number of pyridine rings is 1. The van der Waals surface area contributed by atoms with Crippen LogP contribution in [-0.4, -0.2) is 26.3 Å².